The highest BCUT2D eigenvalue weighted by Gasteiger charge is 2.29. The molecule has 10 heteroatoms. The number of hydrogen-bond acceptors (Lipinski definition) is 10. The minimum absolute atomic E-state index is 0.165. The van der Waals surface area contributed by atoms with Crippen molar-refractivity contribution in [3.8, 4) is 11.8 Å². The molecule has 0 aliphatic rings. The molecule has 0 fully saturated rings. The Bertz CT molecular complexity index is 455. The third-order valence-corrected chi connectivity index (χ3v) is 3.02. The van der Waals surface area contributed by atoms with Crippen molar-refractivity contribution in [1.82, 2.24) is 0 Å². The first-order valence-electron chi connectivity index (χ1n) is 8.16. The lowest BCUT2D eigenvalue weighted by atomic mass is 9.99. The van der Waals surface area contributed by atoms with Gasteiger partial charge in [-0.1, -0.05) is 25.7 Å². The molecule has 0 saturated carbocycles. The predicted molar refractivity (Wildman–Crippen MR) is 85.7 cm³/mol. The number of carbonyl (C=O) groups excluding carboxylic acids is 2. The van der Waals surface area contributed by atoms with E-state index in [0.29, 0.717) is 12.8 Å². The Balaban J connectivity index is 4.80. The molecule has 0 saturated heterocycles. The van der Waals surface area contributed by atoms with Crippen molar-refractivity contribution >= 4 is 12.3 Å². The van der Waals surface area contributed by atoms with Crippen LogP contribution in [0, 0.1) is 11.8 Å². The molecule has 0 aliphatic carbocycles. The molecule has 150 valence electrons. The fraction of sp³-hybridized carbons (Fsp3) is 0.750. The van der Waals surface area contributed by atoms with Crippen LogP contribution < -0.4 is 0 Å². The highest BCUT2D eigenvalue weighted by atomic mass is 17.3. The van der Waals surface area contributed by atoms with Crippen LogP contribution in [-0.2, 0) is 39.1 Å². The Morgan fingerprint density at radius 3 is 1.31 bits per heavy atom. The molecule has 0 aromatic carbocycles. The lowest BCUT2D eigenvalue weighted by Gasteiger charge is -2.22. The Hall–Kier alpha value is -2.06. The maximum Gasteiger partial charge on any atom is 0.573 e. The average Bonchev–Trinajstić information content (AvgIpc) is 2.65. The second-order valence-corrected chi connectivity index (χ2v) is 5.23. The quantitative estimate of drug-likeness (QED) is 0.319. The van der Waals surface area contributed by atoms with Crippen molar-refractivity contribution in [3.63, 3.8) is 0 Å². The van der Waals surface area contributed by atoms with E-state index in [-0.39, 0.29) is 13.2 Å². The largest absolute Gasteiger partial charge is 0.573 e. The van der Waals surface area contributed by atoms with Crippen molar-refractivity contribution in [2.24, 2.45) is 0 Å². The van der Waals surface area contributed by atoms with Gasteiger partial charge in [0.1, 0.15) is 0 Å². The molecule has 0 radical (unpaired) electrons. The van der Waals surface area contributed by atoms with Crippen molar-refractivity contribution in [2.75, 3.05) is 13.2 Å². The van der Waals surface area contributed by atoms with Crippen molar-refractivity contribution in [3.05, 3.63) is 0 Å². The van der Waals surface area contributed by atoms with Crippen molar-refractivity contribution < 1.29 is 48.7 Å². The minimum Gasteiger partial charge on any atom is -0.257 e. The van der Waals surface area contributed by atoms with Gasteiger partial charge in [0, 0.05) is 0 Å². The van der Waals surface area contributed by atoms with Crippen LogP contribution in [-0.4, -0.2) is 36.7 Å². The molecule has 2 unspecified atom stereocenters. The summed E-state index contributed by atoms with van der Waals surface area (Å²) in [6.45, 7) is 10.3. The Kier molecular flexibility index (Phi) is 11.3. The molecule has 0 N–H and O–H groups in total. The molecule has 0 heterocycles. The fourth-order valence-corrected chi connectivity index (χ4v) is 1.09. The smallest absolute Gasteiger partial charge is 0.257 e. The summed E-state index contributed by atoms with van der Waals surface area (Å²) in [4.78, 5) is 58.8. The molecule has 0 aromatic heterocycles. The number of hydrogen-bond donors (Lipinski definition) is 0. The van der Waals surface area contributed by atoms with E-state index in [1.807, 2.05) is 0 Å². The van der Waals surface area contributed by atoms with Crippen LogP contribution in [0.2, 0.25) is 0 Å². The summed E-state index contributed by atoms with van der Waals surface area (Å²) in [7, 11) is 0. The van der Waals surface area contributed by atoms with Gasteiger partial charge in [-0.05, 0) is 40.5 Å². The van der Waals surface area contributed by atoms with Crippen LogP contribution in [0.1, 0.15) is 54.4 Å². The molecule has 0 rings (SSSR count). The van der Waals surface area contributed by atoms with E-state index in [9.17, 15) is 9.59 Å². The Morgan fingerprint density at radius 2 is 1.04 bits per heavy atom. The first-order valence-corrected chi connectivity index (χ1v) is 8.16. The number of rotatable bonds is 10. The molecule has 2 atom stereocenters. The highest BCUT2D eigenvalue weighted by Crippen LogP contribution is 2.19. The van der Waals surface area contributed by atoms with Crippen LogP contribution in [0.5, 0.6) is 0 Å². The summed E-state index contributed by atoms with van der Waals surface area (Å²) in [6, 6.07) is 0. The Morgan fingerprint density at radius 1 is 0.692 bits per heavy atom. The molecule has 26 heavy (non-hydrogen) atoms. The zero-order chi connectivity index (χ0) is 20.1. The van der Waals surface area contributed by atoms with Crippen molar-refractivity contribution in [2.45, 2.75) is 65.6 Å². The van der Waals surface area contributed by atoms with E-state index < -0.39 is 23.5 Å². The summed E-state index contributed by atoms with van der Waals surface area (Å²) in [5, 5.41) is 0. The lowest BCUT2D eigenvalue weighted by molar-refractivity contribution is -0.347. The van der Waals surface area contributed by atoms with Gasteiger partial charge < -0.3 is 0 Å². The van der Waals surface area contributed by atoms with E-state index in [4.69, 9.17) is 9.78 Å². The zero-order valence-corrected chi connectivity index (χ0v) is 15.9. The topological polar surface area (TPSA) is 108 Å². The highest BCUT2D eigenvalue weighted by molar-refractivity contribution is 5.58. The van der Waals surface area contributed by atoms with E-state index in [1.165, 1.54) is 0 Å². The third-order valence-electron chi connectivity index (χ3n) is 3.02. The summed E-state index contributed by atoms with van der Waals surface area (Å²) >= 11 is 0. The van der Waals surface area contributed by atoms with Crippen LogP contribution in [0.3, 0.4) is 0 Å². The van der Waals surface area contributed by atoms with Crippen LogP contribution in [0.15, 0.2) is 0 Å². The van der Waals surface area contributed by atoms with Gasteiger partial charge in [0.15, 0.2) is 11.2 Å². The molecule has 0 aliphatic heterocycles. The van der Waals surface area contributed by atoms with Crippen LogP contribution in [0.25, 0.3) is 0 Å². The summed E-state index contributed by atoms with van der Waals surface area (Å²) in [5.74, 6) is 5.56. The SMILES string of the molecule is CCOOC(=O)OOC(C)(C#CC(C)(CC)OOC(=O)OOCC)CC. The zero-order valence-electron chi connectivity index (χ0n) is 15.9. The van der Waals surface area contributed by atoms with Crippen molar-refractivity contribution in [1.29, 1.82) is 0 Å². The van der Waals surface area contributed by atoms with Crippen LogP contribution >= 0.6 is 0 Å². The van der Waals surface area contributed by atoms with Gasteiger partial charge in [-0.15, -0.1) is 0 Å². The first-order chi connectivity index (χ1) is 12.2. The molecular formula is C16H26O10. The first kappa shape index (κ1) is 23.9. The number of carbonyl (C=O) groups is 2. The van der Waals surface area contributed by atoms with E-state index in [0.717, 1.165) is 0 Å². The van der Waals surface area contributed by atoms with Gasteiger partial charge in [-0.2, -0.15) is 29.1 Å². The maximum absolute atomic E-state index is 11.2. The molecule has 0 spiro atoms. The van der Waals surface area contributed by atoms with Gasteiger partial charge in [-0.3, -0.25) is 19.6 Å². The minimum atomic E-state index is -1.16. The van der Waals surface area contributed by atoms with E-state index in [1.54, 1.807) is 41.5 Å². The molecule has 10 nitrogen and oxygen atoms in total. The molecule has 0 bridgehead atoms. The normalized spacial score (nSPS) is 14.8. The Labute approximate surface area is 152 Å². The lowest BCUT2D eigenvalue weighted by Crippen LogP contribution is -2.31. The summed E-state index contributed by atoms with van der Waals surface area (Å²) in [6.07, 6.45) is -1.58. The molecular weight excluding hydrogens is 352 g/mol. The van der Waals surface area contributed by atoms with Crippen LogP contribution in [0.4, 0.5) is 9.59 Å². The fourth-order valence-electron chi connectivity index (χ4n) is 1.09. The molecule has 0 aromatic rings. The molecule has 0 amide bonds. The third kappa shape index (κ3) is 10.0. The monoisotopic (exact) mass is 378 g/mol. The van der Waals surface area contributed by atoms with Gasteiger partial charge in [0.25, 0.3) is 0 Å². The summed E-state index contributed by atoms with van der Waals surface area (Å²) in [5.41, 5.74) is -2.31. The average molecular weight is 378 g/mol. The van der Waals surface area contributed by atoms with Gasteiger partial charge in [0.2, 0.25) is 0 Å². The van der Waals surface area contributed by atoms with Gasteiger partial charge in [-0.25, -0.2) is 0 Å². The second-order valence-electron chi connectivity index (χ2n) is 5.23. The summed E-state index contributed by atoms with van der Waals surface area (Å²) < 4.78 is 0. The maximum atomic E-state index is 11.2. The second kappa shape index (κ2) is 12.3. The van der Waals surface area contributed by atoms with E-state index >= 15 is 0 Å². The van der Waals surface area contributed by atoms with Gasteiger partial charge in [0.05, 0.1) is 13.2 Å². The van der Waals surface area contributed by atoms with Gasteiger partial charge >= 0.3 is 12.3 Å². The van der Waals surface area contributed by atoms with E-state index in [2.05, 4.69) is 41.2 Å². The standard InChI is InChI=1S/C16H26O10/c1-7-15(5,25-23-13(17)21-19-9-3)11-12-16(6,8-2)26-24-14(18)22-20-10-4/h7-10H2,1-6H3. The predicted octanol–water partition coefficient (Wildman–Crippen LogP) is 3.40.